The number of hydrogen-bond donors (Lipinski definition) is 1. The van der Waals surface area contributed by atoms with E-state index in [1.54, 1.807) is 29.2 Å². The van der Waals surface area contributed by atoms with Crippen LogP contribution >= 0.6 is 0 Å². The van der Waals surface area contributed by atoms with E-state index < -0.39 is 5.82 Å². The quantitative estimate of drug-likeness (QED) is 0.876. The van der Waals surface area contributed by atoms with E-state index in [0.29, 0.717) is 19.6 Å². The van der Waals surface area contributed by atoms with Crippen LogP contribution in [0.15, 0.2) is 48.5 Å². The van der Waals surface area contributed by atoms with E-state index in [-0.39, 0.29) is 35.5 Å². The lowest BCUT2D eigenvalue weighted by molar-refractivity contribution is -0.120. The monoisotopic (exact) mass is 372 g/mol. The number of rotatable bonds is 5. The molecule has 0 bridgehead atoms. The molecule has 142 valence electrons. The van der Waals surface area contributed by atoms with E-state index in [1.165, 1.54) is 24.3 Å². The van der Waals surface area contributed by atoms with Gasteiger partial charge in [-0.15, -0.1) is 0 Å². The van der Waals surface area contributed by atoms with Gasteiger partial charge in [-0.1, -0.05) is 24.3 Å². The maximum atomic E-state index is 13.8. The van der Waals surface area contributed by atoms with Crippen LogP contribution in [0.5, 0.6) is 0 Å². The Morgan fingerprint density at radius 1 is 1.00 bits per heavy atom. The lowest BCUT2D eigenvalue weighted by Crippen LogP contribution is -2.42. The first-order valence-electron chi connectivity index (χ1n) is 9.08. The van der Waals surface area contributed by atoms with Crippen LogP contribution in [-0.2, 0) is 11.2 Å². The van der Waals surface area contributed by atoms with Crippen molar-refractivity contribution in [3.63, 3.8) is 0 Å². The lowest BCUT2D eigenvalue weighted by Gasteiger charge is -2.32. The lowest BCUT2D eigenvalue weighted by atomic mass is 9.96. The molecule has 0 unspecified atom stereocenters. The number of carbonyl (C=O) groups is 2. The first-order chi connectivity index (χ1) is 13.0. The number of benzene rings is 2. The second-order valence-corrected chi connectivity index (χ2v) is 6.82. The van der Waals surface area contributed by atoms with Crippen molar-refractivity contribution in [2.75, 3.05) is 19.6 Å². The van der Waals surface area contributed by atoms with E-state index in [0.717, 1.165) is 18.4 Å². The fourth-order valence-electron chi connectivity index (χ4n) is 3.25. The molecule has 4 nitrogen and oxygen atoms in total. The third-order valence-corrected chi connectivity index (χ3v) is 4.87. The number of piperidine rings is 1. The second-order valence-electron chi connectivity index (χ2n) is 6.82. The molecule has 1 fully saturated rings. The van der Waals surface area contributed by atoms with Crippen LogP contribution in [0.4, 0.5) is 8.78 Å². The van der Waals surface area contributed by atoms with Crippen molar-refractivity contribution in [1.29, 1.82) is 0 Å². The average molecular weight is 372 g/mol. The Bertz CT molecular complexity index is 800. The number of nitrogens with zero attached hydrogens (tertiary/aromatic N) is 1. The minimum absolute atomic E-state index is 0.101. The van der Waals surface area contributed by atoms with Crippen LogP contribution < -0.4 is 5.32 Å². The molecule has 0 saturated carbocycles. The molecule has 1 heterocycles. The van der Waals surface area contributed by atoms with Crippen molar-refractivity contribution in [1.82, 2.24) is 10.2 Å². The van der Waals surface area contributed by atoms with Crippen molar-refractivity contribution in [3.05, 3.63) is 71.3 Å². The molecular formula is C21H22F2N2O2. The molecule has 0 radical (unpaired) electrons. The molecule has 1 N–H and O–H groups in total. The third kappa shape index (κ3) is 5.12. The smallest absolute Gasteiger partial charge is 0.256 e. The third-order valence-electron chi connectivity index (χ3n) is 4.87. The summed E-state index contributed by atoms with van der Waals surface area (Å²) < 4.78 is 26.7. The zero-order chi connectivity index (χ0) is 19.2. The normalized spacial score (nSPS) is 14.8. The standard InChI is InChI=1S/C21H22F2N2O2/c22-17-7-5-15(6-8-17)13-20(26)24-14-16-9-11-25(12-10-16)21(27)18-3-1-2-4-19(18)23/h1-8,16H,9-14H2,(H,24,26). The van der Waals surface area contributed by atoms with Gasteiger partial charge in [-0.25, -0.2) is 8.78 Å². The zero-order valence-corrected chi connectivity index (χ0v) is 15.0. The molecule has 2 aromatic carbocycles. The number of hydrogen-bond acceptors (Lipinski definition) is 2. The van der Waals surface area contributed by atoms with Gasteiger partial charge in [0.2, 0.25) is 5.91 Å². The predicted molar refractivity (Wildman–Crippen MR) is 98.1 cm³/mol. The molecule has 0 aromatic heterocycles. The SMILES string of the molecule is O=C(Cc1ccc(F)cc1)NCC1CCN(C(=O)c2ccccc2F)CC1. The molecule has 2 amide bonds. The van der Waals surface area contributed by atoms with E-state index >= 15 is 0 Å². The van der Waals surface area contributed by atoms with Gasteiger partial charge in [-0.05, 0) is 48.6 Å². The molecule has 0 atom stereocenters. The largest absolute Gasteiger partial charge is 0.356 e. The zero-order valence-electron chi connectivity index (χ0n) is 15.0. The Labute approximate surface area is 157 Å². The molecule has 3 rings (SSSR count). The van der Waals surface area contributed by atoms with Crippen LogP contribution in [0.3, 0.4) is 0 Å². The minimum atomic E-state index is -0.502. The second kappa shape index (κ2) is 8.75. The Balaban J connectivity index is 1.43. The molecule has 6 heteroatoms. The average Bonchev–Trinajstić information content (AvgIpc) is 2.68. The summed E-state index contributed by atoms with van der Waals surface area (Å²) in [5, 5.41) is 2.90. The molecule has 0 aliphatic carbocycles. The van der Waals surface area contributed by atoms with Crippen LogP contribution in [0.1, 0.15) is 28.8 Å². The van der Waals surface area contributed by atoms with Gasteiger partial charge in [0.15, 0.2) is 0 Å². The molecule has 1 saturated heterocycles. The highest BCUT2D eigenvalue weighted by Crippen LogP contribution is 2.19. The molecule has 2 aromatic rings. The Hall–Kier alpha value is -2.76. The topological polar surface area (TPSA) is 49.4 Å². The Morgan fingerprint density at radius 2 is 1.67 bits per heavy atom. The maximum absolute atomic E-state index is 13.8. The fourth-order valence-corrected chi connectivity index (χ4v) is 3.25. The summed E-state index contributed by atoms with van der Waals surface area (Å²) in [6.45, 7) is 1.64. The van der Waals surface area contributed by atoms with Crippen LogP contribution in [0, 0.1) is 17.6 Å². The molecule has 1 aliphatic rings. The van der Waals surface area contributed by atoms with Gasteiger partial charge in [0.25, 0.3) is 5.91 Å². The number of halogens is 2. The van der Waals surface area contributed by atoms with Gasteiger partial charge in [0.05, 0.1) is 12.0 Å². The van der Waals surface area contributed by atoms with Crippen molar-refractivity contribution in [3.8, 4) is 0 Å². The summed E-state index contributed by atoms with van der Waals surface area (Å²) in [6.07, 6.45) is 1.74. The van der Waals surface area contributed by atoms with Gasteiger partial charge < -0.3 is 10.2 Å². The summed E-state index contributed by atoms with van der Waals surface area (Å²) in [7, 11) is 0. The highest BCUT2D eigenvalue weighted by atomic mass is 19.1. The van der Waals surface area contributed by atoms with Gasteiger partial charge >= 0.3 is 0 Å². The number of likely N-dealkylation sites (tertiary alicyclic amines) is 1. The number of carbonyl (C=O) groups excluding carboxylic acids is 2. The van der Waals surface area contributed by atoms with Gasteiger partial charge in [0.1, 0.15) is 11.6 Å². The number of nitrogens with one attached hydrogen (secondary N) is 1. The van der Waals surface area contributed by atoms with Crippen molar-refractivity contribution >= 4 is 11.8 Å². The van der Waals surface area contributed by atoms with Crippen molar-refractivity contribution in [2.24, 2.45) is 5.92 Å². The summed E-state index contributed by atoms with van der Waals surface area (Å²) in [4.78, 5) is 26.1. The number of amides is 2. The summed E-state index contributed by atoms with van der Waals surface area (Å²) in [5.74, 6) is -0.932. The van der Waals surface area contributed by atoms with Crippen LogP contribution in [-0.4, -0.2) is 36.3 Å². The summed E-state index contributed by atoms with van der Waals surface area (Å²) in [6, 6.07) is 11.9. The summed E-state index contributed by atoms with van der Waals surface area (Å²) in [5.41, 5.74) is 0.864. The molecule has 1 aliphatic heterocycles. The van der Waals surface area contributed by atoms with Crippen molar-refractivity contribution in [2.45, 2.75) is 19.3 Å². The molecule has 27 heavy (non-hydrogen) atoms. The highest BCUT2D eigenvalue weighted by Gasteiger charge is 2.25. The summed E-state index contributed by atoms with van der Waals surface area (Å²) >= 11 is 0. The highest BCUT2D eigenvalue weighted by molar-refractivity contribution is 5.94. The van der Waals surface area contributed by atoms with Crippen molar-refractivity contribution < 1.29 is 18.4 Å². The van der Waals surface area contributed by atoms with E-state index in [2.05, 4.69) is 5.32 Å². The van der Waals surface area contributed by atoms with Crippen LogP contribution in [0.25, 0.3) is 0 Å². The van der Waals surface area contributed by atoms with E-state index in [4.69, 9.17) is 0 Å². The Morgan fingerprint density at radius 3 is 2.33 bits per heavy atom. The Kier molecular flexibility index (Phi) is 6.16. The maximum Gasteiger partial charge on any atom is 0.256 e. The van der Waals surface area contributed by atoms with Gasteiger partial charge in [-0.3, -0.25) is 9.59 Å². The first kappa shape index (κ1) is 19.0. The van der Waals surface area contributed by atoms with E-state index in [1.807, 2.05) is 0 Å². The van der Waals surface area contributed by atoms with Gasteiger partial charge in [-0.2, -0.15) is 0 Å². The minimum Gasteiger partial charge on any atom is -0.356 e. The first-order valence-corrected chi connectivity index (χ1v) is 9.08. The van der Waals surface area contributed by atoms with Crippen LogP contribution in [0.2, 0.25) is 0 Å². The van der Waals surface area contributed by atoms with Gasteiger partial charge in [0, 0.05) is 19.6 Å². The molecule has 0 spiro atoms. The molecular weight excluding hydrogens is 350 g/mol. The fraction of sp³-hybridized carbons (Fsp3) is 0.333. The predicted octanol–water partition coefficient (Wildman–Crippen LogP) is 3.18. The van der Waals surface area contributed by atoms with E-state index in [9.17, 15) is 18.4 Å².